The number of rotatable bonds is 4. The normalized spacial score (nSPS) is 22.1. The molecular weight excluding hydrogens is 418 g/mol. The van der Waals surface area contributed by atoms with Gasteiger partial charge in [-0.15, -0.1) is 11.3 Å². The third-order valence-electron chi connectivity index (χ3n) is 6.53. The summed E-state index contributed by atoms with van der Waals surface area (Å²) >= 11 is 1.61. The predicted octanol–water partition coefficient (Wildman–Crippen LogP) is 4.19. The lowest BCUT2D eigenvalue weighted by molar-refractivity contribution is -0.112. The highest BCUT2D eigenvalue weighted by Gasteiger charge is 2.32. The number of thiazole rings is 1. The zero-order chi connectivity index (χ0) is 22.1. The van der Waals surface area contributed by atoms with Crippen molar-refractivity contribution in [3.05, 3.63) is 66.0 Å². The van der Waals surface area contributed by atoms with Crippen LogP contribution in [0.4, 0.5) is 5.82 Å². The smallest absolute Gasteiger partial charge is 0.256 e. The van der Waals surface area contributed by atoms with Crippen molar-refractivity contribution in [1.82, 2.24) is 19.8 Å². The van der Waals surface area contributed by atoms with Gasteiger partial charge in [-0.3, -0.25) is 14.7 Å². The van der Waals surface area contributed by atoms with Crippen molar-refractivity contribution in [2.45, 2.75) is 18.9 Å². The van der Waals surface area contributed by atoms with Crippen LogP contribution in [0.2, 0.25) is 0 Å². The van der Waals surface area contributed by atoms with E-state index >= 15 is 0 Å². The fourth-order valence-corrected chi connectivity index (χ4v) is 4.97. The molecule has 7 heteroatoms. The van der Waals surface area contributed by atoms with E-state index in [1.807, 2.05) is 23.8 Å². The van der Waals surface area contributed by atoms with Gasteiger partial charge in [0.15, 0.2) is 0 Å². The topological polar surface area (TPSA) is 61.4 Å². The second kappa shape index (κ2) is 8.58. The van der Waals surface area contributed by atoms with Crippen LogP contribution in [0, 0.1) is 0 Å². The molecule has 3 aromatic rings. The predicted molar refractivity (Wildman–Crippen MR) is 131 cm³/mol. The highest BCUT2D eigenvalue weighted by atomic mass is 32.1. The maximum atomic E-state index is 12.9. The van der Waals surface area contributed by atoms with Crippen molar-refractivity contribution in [3.63, 3.8) is 0 Å². The minimum absolute atomic E-state index is 0.0285. The molecule has 0 spiro atoms. The van der Waals surface area contributed by atoms with Crippen molar-refractivity contribution < 1.29 is 4.79 Å². The first kappa shape index (κ1) is 21.0. The number of hydrogen-bond donors (Lipinski definition) is 1. The Balaban J connectivity index is 1.28. The number of carbonyl (C=O) groups is 1. The third-order valence-corrected chi connectivity index (χ3v) is 7.35. The molecule has 164 valence electrons. The summed E-state index contributed by atoms with van der Waals surface area (Å²) < 4.78 is 0. The molecule has 32 heavy (non-hydrogen) atoms. The summed E-state index contributed by atoms with van der Waals surface area (Å²) in [4.78, 5) is 27.5. The standard InChI is InChI=1S/C25H27N5OS/c1-25(30-11-9-29(2)10-12-30)7-5-18(6-8-25)24(31)28-23-14-21-13-19(22-16-26-17-32-22)3-4-20(21)15-27-23/h3-7,13-17H,8-12H2,1-2H3,(H,27,28,31). The summed E-state index contributed by atoms with van der Waals surface area (Å²) in [5.41, 5.74) is 3.61. The van der Waals surface area contributed by atoms with Gasteiger partial charge in [-0.05, 0) is 43.5 Å². The van der Waals surface area contributed by atoms with E-state index in [0.29, 0.717) is 11.4 Å². The Morgan fingerprint density at radius 3 is 2.69 bits per heavy atom. The number of piperazine rings is 1. The monoisotopic (exact) mass is 445 g/mol. The lowest BCUT2D eigenvalue weighted by Gasteiger charge is -2.44. The lowest BCUT2D eigenvalue weighted by atomic mass is 9.88. The van der Waals surface area contributed by atoms with Crippen LogP contribution in [-0.4, -0.2) is 64.4 Å². The second-order valence-electron chi connectivity index (χ2n) is 8.80. The van der Waals surface area contributed by atoms with E-state index in [2.05, 4.69) is 69.4 Å². The molecule has 2 aromatic heterocycles. The van der Waals surface area contributed by atoms with Gasteiger partial charge in [-0.25, -0.2) is 4.98 Å². The molecule has 3 heterocycles. The summed E-state index contributed by atoms with van der Waals surface area (Å²) in [5.74, 6) is 0.442. The van der Waals surface area contributed by atoms with Crippen molar-refractivity contribution in [2.75, 3.05) is 38.5 Å². The minimum Gasteiger partial charge on any atom is -0.307 e. The summed E-state index contributed by atoms with van der Waals surface area (Å²) in [6.45, 7) is 6.53. The molecule has 6 nitrogen and oxygen atoms in total. The fraction of sp³-hybridized carbons (Fsp3) is 0.320. The Labute approximate surface area is 192 Å². The number of nitrogens with one attached hydrogen (secondary N) is 1. The van der Waals surface area contributed by atoms with Crippen LogP contribution in [-0.2, 0) is 4.79 Å². The quantitative estimate of drug-likeness (QED) is 0.653. The van der Waals surface area contributed by atoms with E-state index in [1.54, 1.807) is 17.5 Å². The Morgan fingerprint density at radius 1 is 1.12 bits per heavy atom. The number of nitrogens with zero attached hydrogens (tertiary/aromatic N) is 4. The number of anilines is 1. The molecule has 1 saturated heterocycles. The fourth-order valence-electron chi connectivity index (χ4n) is 4.35. The third kappa shape index (κ3) is 4.24. The van der Waals surface area contributed by atoms with Crippen molar-refractivity contribution >= 4 is 33.8 Å². The minimum atomic E-state index is -0.118. The zero-order valence-corrected chi connectivity index (χ0v) is 19.2. The SMILES string of the molecule is CN1CCN(C2(C)C=CC(C(=O)Nc3cc4cc(-c5cncs5)ccc4cn3)=CC2)CC1. The zero-order valence-electron chi connectivity index (χ0n) is 18.4. The lowest BCUT2D eigenvalue weighted by Crippen LogP contribution is -2.54. The summed E-state index contributed by atoms with van der Waals surface area (Å²) in [7, 11) is 2.17. The van der Waals surface area contributed by atoms with Crippen LogP contribution in [0.5, 0.6) is 0 Å². The van der Waals surface area contributed by atoms with Gasteiger partial charge in [-0.1, -0.05) is 30.4 Å². The van der Waals surface area contributed by atoms with Crippen LogP contribution in [0.15, 0.2) is 66.0 Å². The Bertz CT molecular complexity index is 1190. The summed E-state index contributed by atoms with van der Waals surface area (Å²) in [5, 5.41) is 5.05. The van der Waals surface area contributed by atoms with Crippen molar-refractivity contribution in [2.24, 2.45) is 0 Å². The first-order valence-corrected chi connectivity index (χ1v) is 11.8. The number of aromatic nitrogens is 2. The Morgan fingerprint density at radius 2 is 1.97 bits per heavy atom. The maximum absolute atomic E-state index is 12.9. The maximum Gasteiger partial charge on any atom is 0.256 e. The van der Waals surface area contributed by atoms with Gasteiger partial charge in [-0.2, -0.15) is 0 Å². The molecule has 5 rings (SSSR count). The van der Waals surface area contributed by atoms with Gasteiger partial charge in [0.25, 0.3) is 5.91 Å². The molecule has 1 N–H and O–H groups in total. The largest absolute Gasteiger partial charge is 0.307 e. The molecule has 1 amide bonds. The van der Waals surface area contributed by atoms with Crippen LogP contribution >= 0.6 is 11.3 Å². The van der Waals surface area contributed by atoms with Gasteiger partial charge < -0.3 is 10.2 Å². The number of amides is 1. The van der Waals surface area contributed by atoms with Gasteiger partial charge in [0.1, 0.15) is 5.82 Å². The molecule has 1 fully saturated rings. The van der Waals surface area contributed by atoms with E-state index < -0.39 is 0 Å². The second-order valence-corrected chi connectivity index (χ2v) is 9.68. The van der Waals surface area contributed by atoms with Gasteiger partial charge in [0.2, 0.25) is 0 Å². The molecule has 1 unspecified atom stereocenters. The number of likely N-dealkylation sites (N-methyl/N-ethyl adjacent to an activating group) is 1. The number of fused-ring (bicyclic) bond motifs is 1. The highest BCUT2D eigenvalue weighted by molar-refractivity contribution is 7.13. The van der Waals surface area contributed by atoms with Gasteiger partial charge >= 0.3 is 0 Å². The van der Waals surface area contributed by atoms with Gasteiger partial charge in [0, 0.05) is 55.1 Å². The van der Waals surface area contributed by atoms with Crippen LogP contribution in [0.25, 0.3) is 21.2 Å². The Kier molecular flexibility index (Phi) is 5.63. The Hall–Kier alpha value is -2.87. The molecule has 1 aliphatic carbocycles. The van der Waals surface area contributed by atoms with E-state index in [9.17, 15) is 4.79 Å². The highest BCUT2D eigenvalue weighted by Crippen LogP contribution is 2.30. The van der Waals surface area contributed by atoms with E-state index in [-0.39, 0.29) is 11.4 Å². The van der Waals surface area contributed by atoms with Crippen molar-refractivity contribution in [1.29, 1.82) is 0 Å². The molecule has 2 aliphatic rings. The molecule has 1 aliphatic heterocycles. The molecule has 1 atom stereocenters. The van der Waals surface area contributed by atoms with Crippen LogP contribution in [0.3, 0.4) is 0 Å². The van der Waals surface area contributed by atoms with Gasteiger partial charge in [0.05, 0.1) is 10.4 Å². The number of pyridine rings is 1. The van der Waals surface area contributed by atoms with E-state index in [0.717, 1.165) is 53.8 Å². The number of benzene rings is 1. The average Bonchev–Trinajstić information content (AvgIpc) is 3.34. The summed E-state index contributed by atoms with van der Waals surface area (Å²) in [6.07, 6.45) is 10.7. The van der Waals surface area contributed by atoms with Crippen LogP contribution < -0.4 is 5.32 Å². The molecule has 1 aromatic carbocycles. The van der Waals surface area contributed by atoms with Crippen molar-refractivity contribution in [3.8, 4) is 10.4 Å². The molecule has 0 bridgehead atoms. The molecule has 0 saturated carbocycles. The molecular formula is C25H27N5OS. The van der Waals surface area contributed by atoms with E-state index in [4.69, 9.17) is 0 Å². The van der Waals surface area contributed by atoms with E-state index in [1.165, 1.54) is 0 Å². The summed E-state index contributed by atoms with van der Waals surface area (Å²) in [6, 6.07) is 8.17. The molecule has 0 radical (unpaired) electrons. The van der Waals surface area contributed by atoms with Crippen LogP contribution in [0.1, 0.15) is 13.3 Å². The number of carbonyl (C=O) groups excluding carboxylic acids is 1. The first-order valence-electron chi connectivity index (χ1n) is 10.9. The average molecular weight is 446 g/mol. The number of hydrogen-bond acceptors (Lipinski definition) is 6. The first-order chi connectivity index (χ1) is 15.5.